The van der Waals surface area contributed by atoms with E-state index in [4.69, 9.17) is 9.47 Å². The molecular weight excluding hydrogens is 428 g/mol. The summed E-state index contributed by atoms with van der Waals surface area (Å²) in [6, 6.07) is 6.41. The Morgan fingerprint density at radius 3 is 2.53 bits per heavy atom. The van der Waals surface area contributed by atoms with Crippen molar-refractivity contribution in [2.45, 2.75) is 26.8 Å². The molecule has 0 spiro atoms. The highest BCUT2D eigenvalue weighted by Gasteiger charge is 2.47. The molecule has 1 atom stereocenters. The third-order valence-electron chi connectivity index (χ3n) is 6.06. The third-order valence-corrected chi connectivity index (χ3v) is 7.13. The molecule has 0 bridgehead atoms. The topological polar surface area (TPSA) is 79.3 Å². The minimum Gasteiger partial charge on any atom is -0.507 e. The highest BCUT2D eigenvalue weighted by atomic mass is 32.1. The number of Topliss-reactive ketones (excluding diaryl/α,β-unsaturated/α-hetero) is 1. The molecule has 1 aromatic heterocycles. The monoisotopic (exact) mass is 456 g/mol. The molecule has 3 heterocycles. The first-order valence-electron chi connectivity index (χ1n) is 10.9. The summed E-state index contributed by atoms with van der Waals surface area (Å²) < 4.78 is 11.2. The molecule has 1 unspecified atom stereocenters. The van der Waals surface area contributed by atoms with E-state index in [0.717, 1.165) is 23.5 Å². The zero-order chi connectivity index (χ0) is 22.8. The Balaban J connectivity index is 1.77. The van der Waals surface area contributed by atoms with Crippen LogP contribution in [0, 0.1) is 6.92 Å². The zero-order valence-electron chi connectivity index (χ0n) is 18.6. The average Bonchev–Trinajstić information content (AvgIpc) is 3.34. The highest BCUT2D eigenvalue weighted by Crippen LogP contribution is 2.43. The highest BCUT2D eigenvalue weighted by molar-refractivity contribution is 7.10. The Morgan fingerprint density at radius 2 is 1.88 bits per heavy atom. The molecule has 0 radical (unpaired) electrons. The summed E-state index contributed by atoms with van der Waals surface area (Å²) in [6.45, 7) is 9.77. The van der Waals surface area contributed by atoms with E-state index < -0.39 is 17.7 Å². The summed E-state index contributed by atoms with van der Waals surface area (Å²) in [5.74, 6) is -0.315. The van der Waals surface area contributed by atoms with Gasteiger partial charge < -0.3 is 24.4 Å². The number of carbonyl (C=O) groups excluding carboxylic acids is 2. The first-order chi connectivity index (χ1) is 15.5. The molecule has 1 fully saturated rings. The maximum atomic E-state index is 13.1. The van der Waals surface area contributed by atoms with Crippen LogP contribution in [-0.2, 0) is 9.59 Å². The van der Waals surface area contributed by atoms with Gasteiger partial charge in [0.2, 0.25) is 0 Å². The molecule has 8 heteroatoms. The van der Waals surface area contributed by atoms with Gasteiger partial charge in [-0.05, 0) is 55.2 Å². The van der Waals surface area contributed by atoms with Gasteiger partial charge in [-0.15, -0.1) is 11.3 Å². The van der Waals surface area contributed by atoms with Gasteiger partial charge in [0.15, 0.2) is 11.5 Å². The van der Waals surface area contributed by atoms with Crippen LogP contribution in [0.1, 0.15) is 35.9 Å². The molecule has 1 N–H and O–H groups in total. The normalized spacial score (nSPS) is 19.8. The van der Waals surface area contributed by atoms with Crippen molar-refractivity contribution in [3.63, 3.8) is 0 Å². The molecule has 7 nitrogen and oxygen atoms in total. The van der Waals surface area contributed by atoms with Crippen molar-refractivity contribution in [2.75, 3.05) is 39.4 Å². The minimum absolute atomic E-state index is 0.122. The predicted molar refractivity (Wildman–Crippen MR) is 123 cm³/mol. The van der Waals surface area contributed by atoms with E-state index in [2.05, 4.69) is 18.7 Å². The van der Waals surface area contributed by atoms with Gasteiger partial charge in [-0.2, -0.15) is 0 Å². The predicted octanol–water partition coefficient (Wildman–Crippen LogP) is 3.59. The van der Waals surface area contributed by atoms with Gasteiger partial charge in [-0.1, -0.05) is 13.8 Å². The van der Waals surface area contributed by atoms with E-state index in [9.17, 15) is 14.7 Å². The molecular formula is C24H28N2O5S. The van der Waals surface area contributed by atoms with Crippen LogP contribution in [0.5, 0.6) is 11.5 Å². The SMILES string of the molecule is CCN(CC)CCN1C(=O)C(=O)/C(=C(\O)c2ccc3c(c2)OCCO3)C1c1sccc1C. The number of ether oxygens (including phenoxy) is 2. The minimum atomic E-state index is -0.658. The number of aliphatic hydroxyl groups excluding tert-OH is 1. The van der Waals surface area contributed by atoms with Gasteiger partial charge >= 0.3 is 0 Å². The van der Waals surface area contributed by atoms with E-state index in [0.29, 0.717) is 43.4 Å². The van der Waals surface area contributed by atoms with E-state index >= 15 is 0 Å². The number of likely N-dealkylation sites (tertiary alicyclic amines) is 1. The lowest BCUT2D eigenvalue weighted by molar-refractivity contribution is -0.140. The second-order valence-electron chi connectivity index (χ2n) is 7.85. The standard InChI is InChI=1S/C24H28N2O5S/c1-4-25(5-2)9-10-26-20(23-15(3)8-13-32-23)19(22(28)24(26)29)21(27)16-6-7-17-18(14-16)31-12-11-30-17/h6-8,13-14,20,27H,4-5,9-12H2,1-3H3/b21-19-. The lowest BCUT2D eigenvalue weighted by atomic mass is 9.98. The molecule has 170 valence electrons. The summed E-state index contributed by atoms with van der Waals surface area (Å²) >= 11 is 1.49. The Morgan fingerprint density at radius 1 is 1.16 bits per heavy atom. The van der Waals surface area contributed by atoms with Crippen molar-refractivity contribution in [1.82, 2.24) is 9.80 Å². The number of hydrogen-bond donors (Lipinski definition) is 1. The number of rotatable bonds is 7. The fraction of sp³-hybridized carbons (Fsp3) is 0.417. The quantitative estimate of drug-likeness (QED) is 0.390. The van der Waals surface area contributed by atoms with Gasteiger partial charge in [-0.3, -0.25) is 9.59 Å². The Kier molecular flexibility index (Phi) is 6.53. The number of fused-ring (bicyclic) bond motifs is 1. The van der Waals surface area contributed by atoms with Gasteiger partial charge in [0.1, 0.15) is 19.0 Å². The first kappa shape index (κ1) is 22.4. The number of likely N-dealkylation sites (N-methyl/N-ethyl adjacent to an activating group) is 1. The Bertz CT molecular complexity index is 1060. The van der Waals surface area contributed by atoms with Crippen LogP contribution in [0.4, 0.5) is 0 Å². The number of amides is 1. The molecule has 32 heavy (non-hydrogen) atoms. The van der Waals surface area contributed by atoms with Crippen LogP contribution in [0.15, 0.2) is 35.2 Å². The van der Waals surface area contributed by atoms with Crippen LogP contribution >= 0.6 is 11.3 Å². The average molecular weight is 457 g/mol. The van der Waals surface area contributed by atoms with Gasteiger partial charge in [0.25, 0.3) is 11.7 Å². The van der Waals surface area contributed by atoms with Gasteiger partial charge in [0, 0.05) is 23.5 Å². The fourth-order valence-corrected chi connectivity index (χ4v) is 5.23. The molecule has 1 amide bonds. The van der Waals surface area contributed by atoms with Crippen molar-refractivity contribution in [2.24, 2.45) is 0 Å². The molecule has 1 saturated heterocycles. The Hall–Kier alpha value is -2.84. The molecule has 1 aromatic carbocycles. The Labute approximate surface area is 191 Å². The van der Waals surface area contributed by atoms with Crippen molar-refractivity contribution in [3.05, 3.63) is 51.2 Å². The van der Waals surface area contributed by atoms with E-state index in [1.165, 1.54) is 11.3 Å². The fourth-order valence-electron chi connectivity index (χ4n) is 4.18. The second kappa shape index (κ2) is 9.34. The van der Waals surface area contributed by atoms with Crippen LogP contribution < -0.4 is 9.47 Å². The number of hydrogen-bond acceptors (Lipinski definition) is 7. The molecule has 2 aliphatic heterocycles. The van der Waals surface area contributed by atoms with Crippen molar-refractivity contribution >= 4 is 28.8 Å². The molecule has 0 aliphatic carbocycles. The lowest BCUT2D eigenvalue weighted by Crippen LogP contribution is -2.37. The molecule has 0 saturated carbocycles. The van der Waals surface area contributed by atoms with E-state index in [1.807, 2.05) is 18.4 Å². The third kappa shape index (κ3) is 4.00. The summed E-state index contributed by atoms with van der Waals surface area (Å²) in [6.07, 6.45) is 0. The lowest BCUT2D eigenvalue weighted by Gasteiger charge is -2.28. The van der Waals surface area contributed by atoms with Crippen LogP contribution in [0.2, 0.25) is 0 Å². The smallest absolute Gasteiger partial charge is 0.295 e. The number of thiophene rings is 1. The maximum absolute atomic E-state index is 13.1. The van der Waals surface area contributed by atoms with Gasteiger partial charge in [0.05, 0.1) is 11.6 Å². The van der Waals surface area contributed by atoms with Crippen molar-refractivity contribution < 1.29 is 24.2 Å². The number of ketones is 1. The maximum Gasteiger partial charge on any atom is 0.295 e. The molecule has 2 aliphatic rings. The van der Waals surface area contributed by atoms with Crippen molar-refractivity contribution in [3.8, 4) is 11.5 Å². The molecule has 2 aromatic rings. The summed E-state index contributed by atoms with van der Waals surface area (Å²) in [7, 11) is 0. The number of aliphatic hydroxyl groups is 1. The molecule has 4 rings (SSSR count). The number of aryl methyl sites for hydroxylation is 1. The van der Waals surface area contributed by atoms with E-state index in [1.54, 1.807) is 23.1 Å². The van der Waals surface area contributed by atoms with Crippen LogP contribution in [-0.4, -0.2) is 66.0 Å². The van der Waals surface area contributed by atoms with Crippen molar-refractivity contribution in [1.29, 1.82) is 0 Å². The summed E-state index contributed by atoms with van der Waals surface area (Å²) in [4.78, 5) is 30.9. The number of nitrogens with zero attached hydrogens (tertiary/aromatic N) is 2. The van der Waals surface area contributed by atoms with Gasteiger partial charge in [-0.25, -0.2) is 0 Å². The number of carbonyl (C=O) groups is 2. The van der Waals surface area contributed by atoms with Crippen LogP contribution in [0.25, 0.3) is 5.76 Å². The zero-order valence-corrected chi connectivity index (χ0v) is 19.4. The number of benzene rings is 1. The van der Waals surface area contributed by atoms with Crippen LogP contribution in [0.3, 0.4) is 0 Å². The summed E-state index contributed by atoms with van der Waals surface area (Å²) in [5.41, 5.74) is 1.54. The van der Waals surface area contributed by atoms with E-state index in [-0.39, 0.29) is 11.3 Å². The summed E-state index contributed by atoms with van der Waals surface area (Å²) in [5, 5.41) is 13.2. The first-order valence-corrected chi connectivity index (χ1v) is 11.8. The largest absolute Gasteiger partial charge is 0.507 e. The second-order valence-corrected chi connectivity index (χ2v) is 8.79.